The van der Waals surface area contributed by atoms with Crippen molar-refractivity contribution in [1.29, 1.82) is 5.26 Å². The molecule has 38 heavy (non-hydrogen) atoms. The van der Waals surface area contributed by atoms with Gasteiger partial charge in [0, 0.05) is 62.6 Å². The molecule has 4 aromatic rings. The molecular formula is C28H29N9O. The molecule has 0 amide bonds. The van der Waals surface area contributed by atoms with Crippen LogP contribution in [0, 0.1) is 11.3 Å². The van der Waals surface area contributed by atoms with Crippen LogP contribution in [0.15, 0.2) is 49.2 Å². The highest BCUT2D eigenvalue weighted by Gasteiger charge is 2.44. The van der Waals surface area contributed by atoms with Crippen molar-refractivity contribution in [2.75, 3.05) is 43.1 Å². The summed E-state index contributed by atoms with van der Waals surface area (Å²) in [7, 11) is 1.64. The molecule has 0 aromatic carbocycles. The maximum Gasteiger partial charge on any atom is 0.212 e. The van der Waals surface area contributed by atoms with Gasteiger partial charge in [0.1, 0.15) is 11.9 Å². The van der Waals surface area contributed by atoms with E-state index in [1.54, 1.807) is 13.3 Å². The van der Waals surface area contributed by atoms with Crippen LogP contribution in [0.1, 0.15) is 30.4 Å². The lowest BCUT2D eigenvalue weighted by molar-refractivity contribution is -0.00879. The Bertz CT molecular complexity index is 1490. The summed E-state index contributed by atoms with van der Waals surface area (Å²) in [5.74, 6) is 1.54. The summed E-state index contributed by atoms with van der Waals surface area (Å²) >= 11 is 0. The maximum atomic E-state index is 9.69. The number of nitrogens with zero attached hydrogens (tertiary/aromatic N) is 9. The molecule has 0 spiro atoms. The minimum atomic E-state index is 0.499. The quantitative estimate of drug-likeness (QED) is 0.390. The van der Waals surface area contributed by atoms with Gasteiger partial charge in [-0.15, -0.1) is 0 Å². The lowest BCUT2D eigenvalue weighted by Crippen LogP contribution is -2.68. The van der Waals surface area contributed by atoms with Crippen LogP contribution in [0.25, 0.3) is 16.8 Å². The molecule has 0 radical (unpaired) electrons. The van der Waals surface area contributed by atoms with Crippen LogP contribution in [0.3, 0.4) is 0 Å². The monoisotopic (exact) mass is 507 g/mol. The van der Waals surface area contributed by atoms with Crippen molar-refractivity contribution in [1.82, 2.24) is 29.5 Å². The lowest BCUT2D eigenvalue weighted by Gasteiger charge is -2.56. The minimum Gasteiger partial charge on any atom is -0.481 e. The number of piperidine rings is 1. The fourth-order valence-corrected chi connectivity index (χ4v) is 6.12. The van der Waals surface area contributed by atoms with Crippen LogP contribution in [-0.4, -0.2) is 74.8 Å². The summed E-state index contributed by atoms with van der Waals surface area (Å²) in [5.41, 5.74) is 5.28. The molecule has 192 valence electrons. The third kappa shape index (κ3) is 3.90. The van der Waals surface area contributed by atoms with Gasteiger partial charge < -0.3 is 14.5 Å². The van der Waals surface area contributed by atoms with Gasteiger partial charge in [-0.3, -0.25) is 9.88 Å². The number of fused-ring (bicyclic) bond motifs is 3. The fourth-order valence-electron chi connectivity index (χ4n) is 6.12. The third-order valence-corrected chi connectivity index (χ3v) is 8.14. The Morgan fingerprint density at radius 2 is 1.84 bits per heavy atom. The maximum absolute atomic E-state index is 9.69. The van der Waals surface area contributed by atoms with Crippen molar-refractivity contribution in [3.8, 4) is 23.2 Å². The number of anilines is 2. The van der Waals surface area contributed by atoms with Crippen molar-refractivity contribution in [3.05, 3.63) is 60.3 Å². The predicted octanol–water partition coefficient (Wildman–Crippen LogP) is 3.13. The van der Waals surface area contributed by atoms with E-state index in [1.165, 1.54) is 24.8 Å². The second kappa shape index (κ2) is 9.26. The highest BCUT2D eigenvalue weighted by molar-refractivity contribution is 5.85. The standard InChI is InChI=1S/C28H29N9O/c1-38-27-5-4-19(11-32-27)15-36-22-8-23(36)17-35(16-22)26-14-30-25(13-31-26)24-9-21(34-6-2-3-7-34)18-37-28(24)20(10-29)12-33-37/h4-5,9,11-14,18,22-23H,2-3,6-8,15-17H2,1H3. The average Bonchev–Trinajstić information content (AvgIpc) is 3.66. The minimum absolute atomic E-state index is 0.499. The van der Waals surface area contributed by atoms with E-state index in [0.29, 0.717) is 23.5 Å². The summed E-state index contributed by atoms with van der Waals surface area (Å²) in [5, 5.41) is 14.1. The molecule has 10 heteroatoms. The highest BCUT2D eigenvalue weighted by atomic mass is 16.5. The number of methoxy groups -OCH3 is 1. The third-order valence-electron chi connectivity index (χ3n) is 8.14. The molecular weight excluding hydrogens is 478 g/mol. The van der Waals surface area contributed by atoms with E-state index in [1.807, 2.05) is 35.4 Å². The van der Waals surface area contributed by atoms with Gasteiger partial charge in [-0.1, -0.05) is 6.07 Å². The second-order valence-electron chi connectivity index (χ2n) is 10.4. The molecule has 2 bridgehead atoms. The normalized spacial score (nSPS) is 20.9. The average molecular weight is 508 g/mol. The Morgan fingerprint density at radius 1 is 1.00 bits per heavy atom. The van der Waals surface area contributed by atoms with Gasteiger partial charge in [-0.2, -0.15) is 10.4 Å². The van der Waals surface area contributed by atoms with E-state index in [9.17, 15) is 5.26 Å². The number of rotatable bonds is 6. The van der Waals surface area contributed by atoms with Crippen LogP contribution in [0.5, 0.6) is 5.88 Å². The Kier molecular flexibility index (Phi) is 5.59. The number of pyridine rings is 2. The van der Waals surface area contributed by atoms with Crippen molar-refractivity contribution >= 4 is 17.0 Å². The lowest BCUT2D eigenvalue weighted by atomic mass is 9.87. The van der Waals surface area contributed by atoms with Crippen molar-refractivity contribution in [3.63, 3.8) is 0 Å². The van der Waals surface area contributed by atoms with Gasteiger partial charge in [0.15, 0.2) is 0 Å². The zero-order valence-corrected chi connectivity index (χ0v) is 21.4. The number of nitriles is 1. The highest BCUT2D eigenvalue weighted by Crippen LogP contribution is 2.36. The number of ether oxygens (including phenoxy) is 1. The van der Waals surface area contributed by atoms with E-state index in [4.69, 9.17) is 14.7 Å². The number of hydrogen-bond acceptors (Lipinski definition) is 9. The molecule has 2 unspecified atom stereocenters. The van der Waals surface area contributed by atoms with Crippen LogP contribution in [0.2, 0.25) is 0 Å². The van der Waals surface area contributed by atoms with Crippen LogP contribution in [-0.2, 0) is 6.54 Å². The van der Waals surface area contributed by atoms with Crippen molar-refractivity contribution < 1.29 is 4.74 Å². The van der Waals surface area contributed by atoms with Gasteiger partial charge in [-0.05, 0) is 30.9 Å². The smallest absolute Gasteiger partial charge is 0.212 e. The van der Waals surface area contributed by atoms with E-state index in [-0.39, 0.29) is 0 Å². The van der Waals surface area contributed by atoms with Crippen LogP contribution in [0.4, 0.5) is 11.5 Å². The van der Waals surface area contributed by atoms with Gasteiger partial charge in [-0.25, -0.2) is 14.5 Å². The molecule has 4 fully saturated rings. The number of hydrogen-bond donors (Lipinski definition) is 0. The predicted molar refractivity (Wildman–Crippen MR) is 143 cm³/mol. The first-order valence-electron chi connectivity index (χ1n) is 13.2. The zero-order valence-electron chi connectivity index (χ0n) is 21.4. The van der Waals surface area contributed by atoms with Gasteiger partial charge >= 0.3 is 0 Å². The van der Waals surface area contributed by atoms with E-state index in [0.717, 1.165) is 61.0 Å². The van der Waals surface area contributed by atoms with Crippen molar-refractivity contribution in [2.24, 2.45) is 0 Å². The van der Waals surface area contributed by atoms with Gasteiger partial charge in [0.05, 0.1) is 54.4 Å². The summed E-state index contributed by atoms with van der Waals surface area (Å²) in [6.07, 6.45) is 12.9. The molecule has 10 nitrogen and oxygen atoms in total. The second-order valence-corrected chi connectivity index (χ2v) is 10.4. The largest absolute Gasteiger partial charge is 0.481 e. The van der Waals surface area contributed by atoms with E-state index < -0.39 is 0 Å². The van der Waals surface area contributed by atoms with Crippen molar-refractivity contribution in [2.45, 2.75) is 37.9 Å². The molecule has 4 aromatic heterocycles. The fraction of sp³-hybridized carbons (Fsp3) is 0.393. The molecule has 0 aliphatic carbocycles. The Balaban J connectivity index is 1.10. The summed E-state index contributed by atoms with van der Waals surface area (Å²) in [4.78, 5) is 21.3. The summed E-state index contributed by atoms with van der Waals surface area (Å²) in [6, 6.07) is 9.43. The first-order valence-corrected chi connectivity index (χ1v) is 13.2. The molecule has 2 atom stereocenters. The molecule has 4 aliphatic rings. The van der Waals surface area contributed by atoms with Crippen LogP contribution < -0.4 is 14.5 Å². The molecule has 0 saturated carbocycles. The molecule has 8 heterocycles. The number of piperazine rings is 1. The molecule has 4 aliphatic heterocycles. The molecule has 8 rings (SSSR count). The zero-order chi connectivity index (χ0) is 25.6. The first-order chi connectivity index (χ1) is 18.7. The Hall–Kier alpha value is -4.23. The van der Waals surface area contributed by atoms with E-state index in [2.05, 4.69) is 43.0 Å². The summed E-state index contributed by atoms with van der Waals surface area (Å²) < 4.78 is 6.99. The topological polar surface area (TPSA) is 98.7 Å². The number of aromatic nitrogens is 5. The summed E-state index contributed by atoms with van der Waals surface area (Å²) in [6.45, 7) is 4.84. The first kappa shape index (κ1) is 22.9. The van der Waals surface area contributed by atoms with Crippen LogP contribution >= 0.6 is 0 Å². The van der Waals surface area contributed by atoms with Gasteiger partial charge in [0.25, 0.3) is 0 Å². The Labute approximate surface area is 221 Å². The molecule has 0 N–H and O–H groups in total. The van der Waals surface area contributed by atoms with Gasteiger partial charge in [0.2, 0.25) is 5.88 Å². The Morgan fingerprint density at radius 3 is 2.53 bits per heavy atom. The van der Waals surface area contributed by atoms with E-state index >= 15 is 0 Å². The SMILES string of the molecule is COc1ccc(CN2C3CC2CN(c2cnc(-c4cc(N5CCCC5)cn5ncc(C#N)c45)cn2)C3)cn1. The molecule has 4 saturated heterocycles.